The fourth-order valence-electron chi connectivity index (χ4n) is 2.29. The van der Waals surface area contributed by atoms with Crippen LogP contribution in [0.5, 0.6) is 5.75 Å². The molecule has 0 amide bonds. The van der Waals surface area contributed by atoms with Crippen molar-refractivity contribution in [2.45, 2.75) is 25.7 Å². The van der Waals surface area contributed by atoms with Crippen LogP contribution in [0, 0.1) is 0 Å². The molecule has 0 spiro atoms. The van der Waals surface area contributed by atoms with Crippen LogP contribution in [-0.2, 0) is 12.8 Å². The van der Waals surface area contributed by atoms with Crippen LogP contribution in [0.4, 0.5) is 0 Å². The lowest BCUT2D eigenvalue weighted by Crippen LogP contribution is -2.09. The van der Waals surface area contributed by atoms with Crippen molar-refractivity contribution in [2.24, 2.45) is 0 Å². The normalized spacial score (nSPS) is 18.7. The first kappa shape index (κ1) is 8.04. The second-order valence-electron chi connectivity index (χ2n) is 3.99. The number of fused-ring (bicyclic) bond motifs is 2. The molecule has 0 radical (unpaired) electrons. The third kappa shape index (κ3) is 1.07. The summed E-state index contributed by atoms with van der Waals surface area (Å²) in [6, 6.07) is 4.11. The highest BCUT2D eigenvalue weighted by molar-refractivity contribution is 6.00. The van der Waals surface area contributed by atoms with Crippen molar-refractivity contribution >= 4 is 5.78 Å². The Morgan fingerprint density at radius 2 is 2.00 bits per heavy atom. The van der Waals surface area contributed by atoms with Gasteiger partial charge >= 0.3 is 0 Å². The van der Waals surface area contributed by atoms with Crippen LogP contribution in [0.1, 0.15) is 34.3 Å². The first-order valence-corrected chi connectivity index (χ1v) is 5.16. The van der Waals surface area contributed by atoms with Gasteiger partial charge in [-0.2, -0.15) is 0 Å². The molecule has 72 valence electrons. The molecule has 0 atom stereocenters. The minimum Gasteiger partial charge on any atom is -0.493 e. The monoisotopic (exact) mass is 188 g/mol. The number of carbonyl (C=O) groups excluding carboxylic acids is 1. The van der Waals surface area contributed by atoms with Crippen molar-refractivity contribution in [1.29, 1.82) is 0 Å². The average Bonchev–Trinajstić information content (AvgIpc) is 2.57. The van der Waals surface area contributed by atoms with Gasteiger partial charge in [-0.1, -0.05) is 0 Å². The van der Waals surface area contributed by atoms with Gasteiger partial charge in [0, 0.05) is 12.0 Å². The van der Waals surface area contributed by atoms with Gasteiger partial charge in [-0.25, -0.2) is 0 Å². The van der Waals surface area contributed by atoms with E-state index in [1.807, 2.05) is 6.07 Å². The Bertz CT molecular complexity index is 407. The number of benzene rings is 1. The van der Waals surface area contributed by atoms with Crippen molar-refractivity contribution in [1.82, 2.24) is 0 Å². The predicted molar refractivity (Wildman–Crippen MR) is 52.9 cm³/mol. The lowest BCUT2D eigenvalue weighted by Gasteiger charge is -2.18. The Labute approximate surface area is 82.9 Å². The van der Waals surface area contributed by atoms with Gasteiger partial charge in [-0.05, 0) is 42.5 Å². The first-order chi connectivity index (χ1) is 6.84. The van der Waals surface area contributed by atoms with E-state index in [1.54, 1.807) is 0 Å². The van der Waals surface area contributed by atoms with E-state index in [4.69, 9.17) is 4.74 Å². The molecule has 2 aliphatic rings. The molecule has 3 rings (SSSR count). The molecule has 2 heteroatoms. The molecule has 1 aliphatic heterocycles. The molecule has 0 fully saturated rings. The molecule has 0 N–H and O–H groups in total. The van der Waals surface area contributed by atoms with E-state index in [9.17, 15) is 4.79 Å². The molecular formula is C12H12O2. The van der Waals surface area contributed by atoms with Gasteiger partial charge in [-0.3, -0.25) is 4.79 Å². The summed E-state index contributed by atoms with van der Waals surface area (Å²) in [6.45, 7) is 0.819. The number of carbonyl (C=O) groups is 1. The first-order valence-electron chi connectivity index (χ1n) is 5.16. The number of hydrogen-bond acceptors (Lipinski definition) is 2. The Morgan fingerprint density at radius 1 is 1.07 bits per heavy atom. The second-order valence-corrected chi connectivity index (χ2v) is 3.99. The second kappa shape index (κ2) is 2.84. The summed E-state index contributed by atoms with van der Waals surface area (Å²) < 4.78 is 5.57. The minimum atomic E-state index is 0.299. The number of rotatable bonds is 0. The maximum absolute atomic E-state index is 11.5. The Hall–Kier alpha value is -1.31. The van der Waals surface area contributed by atoms with E-state index >= 15 is 0 Å². The zero-order chi connectivity index (χ0) is 9.54. The Kier molecular flexibility index (Phi) is 1.63. The third-order valence-electron chi connectivity index (χ3n) is 3.06. The molecule has 1 aromatic rings. The highest BCUT2D eigenvalue weighted by Gasteiger charge is 2.23. The van der Waals surface area contributed by atoms with E-state index in [1.165, 1.54) is 11.1 Å². The molecule has 14 heavy (non-hydrogen) atoms. The molecular weight excluding hydrogens is 176 g/mol. The van der Waals surface area contributed by atoms with Gasteiger partial charge in [0.2, 0.25) is 0 Å². The Morgan fingerprint density at radius 3 is 2.93 bits per heavy atom. The third-order valence-corrected chi connectivity index (χ3v) is 3.06. The van der Waals surface area contributed by atoms with Crippen molar-refractivity contribution in [3.8, 4) is 5.75 Å². The summed E-state index contributed by atoms with van der Waals surface area (Å²) in [7, 11) is 0. The van der Waals surface area contributed by atoms with Gasteiger partial charge in [0.05, 0.1) is 6.61 Å². The smallest absolute Gasteiger partial charge is 0.163 e. The van der Waals surface area contributed by atoms with Gasteiger partial charge < -0.3 is 4.74 Å². The largest absolute Gasteiger partial charge is 0.493 e. The molecule has 1 aromatic carbocycles. The number of aryl methyl sites for hydroxylation is 2. The molecule has 1 aliphatic carbocycles. The van der Waals surface area contributed by atoms with Gasteiger partial charge in [0.15, 0.2) is 5.78 Å². The van der Waals surface area contributed by atoms with Crippen molar-refractivity contribution in [3.63, 3.8) is 0 Å². The van der Waals surface area contributed by atoms with Crippen LogP contribution in [0.25, 0.3) is 0 Å². The summed E-state index contributed by atoms with van der Waals surface area (Å²) in [6.07, 6.45) is 3.69. The average molecular weight is 188 g/mol. The fourth-order valence-corrected chi connectivity index (χ4v) is 2.29. The van der Waals surface area contributed by atoms with Crippen LogP contribution in [0.15, 0.2) is 12.1 Å². The van der Waals surface area contributed by atoms with Crippen molar-refractivity contribution in [3.05, 3.63) is 28.8 Å². The lowest BCUT2D eigenvalue weighted by molar-refractivity contribution is 0.0994. The van der Waals surface area contributed by atoms with Gasteiger partial charge in [-0.15, -0.1) is 0 Å². The number of Topliss-reactive ketones (excluding diaryl/α,β-unsaturated/α-hetero) is 1. The van der Waals surface area contributed by atoms with Gasteiger partial charge in [0.25, 0.3) is 0 Å². The molecule has 0 bridgehead atoms. The summed E-state index contributed by atoms with van der Waals surface area (Å²) in [5.74, 6) is 1.30. The highest BCUT2D eigenvalue weighted by Crippen LogP contribution is 2.32. The minimum absolute atomic E-state index is 0.299. The van der Waals surface area contributed by atoms with E-state index in [0.717, 1.165) is 37.2 Å². The summed E-state index contributed by atoms with van der Waals surface area (Å²) >= 11 is 0. The van der Waals surface area contributed by atoms with E-state index in [-0.39, 0.29) is 0 Å². The zero-order valence-corrected chi connectivity index (χ0v) is 8.01. The summed E-state index contributed by atoms with van der Waals surface area (Å²) in [4.78, 5) is 11.5. The standard InChI is InChI=1S/C12H12O2/c13-11-4-3-8-7-12-9(6-10(8)11)2-1-5-14-12/h6-7H,1-5H2. The topological polar surface area (TPSA) is 26.3 Å². The summed E-state index contributed by atoms with van der Waals surface area (Å²) in [5.41, 5.74) is 3.33. The Balaban J connectivity index is 2.15. The predicted octanol–water partition coefficient (Wildman–Crippen LogP) is 2.14. The van der Waals surface area contributed by atoms with E-state index < -0.39 is 0 Å². The van der Waals surface area contributed by atoms with E-state index in [0.29, 0.717) is 12.2 Å². The van der Waals surface area contributed by atoms with Gasteiger partial charge in [0.1, 0.15) is 5.75 Å². The van der Waals surface area contributed by atoms with E-state index in [2.05, 4.69) is 6.07 Å². The van der Waals surface area contributed by atoms with Crippen LogP contribution in [0.2, 0.25) is 0 Å². The molecule has 0 saturated heterocycles. The van der Waals surface area contributed by atoms with Crippen LogP contribution < -0.4 is 4.74 Å². The zero-order valence-electron chi connectivity index (χ0n) is 8.01. The molecule has 0 aromatic heterocycles. The maximum atomic E-state index is 11.5. The summed E-state index contributed by atoms with van der Waals surface area (Å²) in [5, 5.41) is 0. The fraction of sp³-hybridized carbons (Fsp3) is 0.417. The maximum Gasteiger partial charge on any atom is 0.163 e. The quantitative estimate of drug-likeness (QED) is 0.623. The molecule has 1 heterocycles. The molecule has 2 nitrogen and oxygen atoms in total. The van der Waals surface area contributed by atoms with Crippen LogP contribution in [0.3, 0.4) is 0 Å². The molecule has 0 unspecified atom stereocenters. The number of ketones is 1. The van der Waals surface area contributed by atoms with Crippen molar-refractivity contribution in [2.75, 3.05) is 6.61 Å². The van der Waals surface area contributed by atoms with Crippen molar-refractivity contribution < 1.29 is 9.53 Å². The van der Waals surface area contributed by atoms with Crippen LogP contribution in [-0.4, -0.2) is 12.4 Å². The number of ether oxygens (including phenoxy) is 1. The van der Waals surface area contributed by atoms with Crippen LogP contribution >= 0.6 is 0 Å². The highest BCUT2D eigenvalue weighted by atomic mass is 16.5. The molecule has 0 saturated carbocycles. The SMILES string of the molecule is O=C1CCc2cc3c(cc21)CCCO3. The number of hydrogen-bond donors (Lipinski definition) is 0. The lowest BCUT2D eigenvalue weighted by atomic mass is 10.00.